The van der Waals surface area contributed by atoms with Gasteiger partial charge in [0.2, 0.25) is 0 Å². The van der Waals surface area contributed by atoms with Crippen molar-refractivity contribution in [2.24, 2.45) is 5.73 Å². The molecule has 2 nitrogen and oxygen atoms in total. The molecule has 0 bridgehead atoms. The highest BCUT2D eigenvalue weighted by Gasteiger charge is 2.19. The van der Waals surface area contributed by atoms with Gasteiger partial charge in [-0.2, -0.15) is 0 Å². The van der Waals surface area contributed by atoms with Crippen molar-refractivity contribution in [3.8, 4) is 0 Å². The van der Waals surface area contributed by atoms with E-state index in [4.69, 9.17) is 5.73 Å². The zero-order chi connectivity index (χ0) is 12.6. The van der Waals surface area contributed by atoms with Gasteiger partial charge in [-0.05, 0) is 44.5 Å². The SMILES string of the molecule is NCCC(c1ccccc1)N1CCCCCCC1. The third-order valence-electron chi connectivity index (χ3n) is 3.96. The highest BCUT2D eigenvalue weighted by atomic mass is 15.2. The summed E-state index contributed by atoms with van der Waals surface area (Å²) in [5.41, 5.74) is 7.25. The Bertz CT molecular complexity index is 315. The number of likely N-dealkylation sites (tertiary alicyclic amines) is 1. The van der Waals surface area contributed by atoms with Crippen molar-refractivity contribution in [1.82, 2.24) is 4.90 Å². The highest BCUT2D eigenvalue weighted by Crippen LogP contribution is 2.26. The Kier molecular flexibility index (Phi) is 5.69. The molecule has 0 spiro atoms. The van der Waals surface area contributed by atoms with E-state index in [2.05, 4.69) is 35.2 Å². The van der Waals surface area contributed by atoms with Gasteiger partial charge in [0, 0.05) is 6.04 Å². The molecule has 1 aliphatic heterocycles. The lowest BCUT2D eigenvalue weighted by atomic mass is 9.99. The fourth-order valence-electron chi connectivity index (χ4n) is 2.98. The van der Waals surface area contributed by atoms with Crippen LogP contribution in [-0.2, 0) is 0 Å². The largest absolute Gasteiger partial charge is 0.330 e. The molecular weight excluding hydrogens is 220 g/mol. The Morgan fingerprint density at radius 2 is 1.56 bits per heavy atom. The molecule has 1 fully saturated rings. The normalized spacial score (nSPS) is 20.1. The van der Waals surface area contributed by atoms with Crippen molar-refractivity contribution < 1.29 is 0 Å². The second-order valence-electron chi connectivity index (χ2n) is 5.31. The highest BCUT2D eigenvalue weighted by molar-refractivity contribution is 5.19. The molecule has 1 aliphatic rings. The van der Waals surface area contributed by atoms with Crippen LogP contribution in [0.4, 0.5) is 0 Å². The van der Waals surface area contributed by atoms with Crippen LogP contribution >= 0.6 is 0 Å². The molecule has 0 radical (unpaired) electrons. The fraction of sp³-hybridized carbons (Fsp3) is 0.625. The van der Waals surface area contributed by atoms with E-state index in [1.54, 1.807) is 0 Å². The van der Waals surface area contributed by atoms with Gasteiger partial charge in [-0.15, -0.1) is 0 Å². The quantitative estimate of drug-likeness (QED) is 0.883. The molecule has 18 heavy (non-hydrogen) atoms. The fourth-order valence-corrected chi connectivity index (χ4v) is 2.98. The van der Waals surface area contributed by atoms with Gasteiger partial charge in [-0.3, -0.25) is 4.90 Å². The Morgan fingerprint density at radius 1 is 0.944 bits per heavy atom. The van der Waals surface area contributed by atoms with Crippen LogP contribution in [0.1, 0.15) is 50.1 Å². The molecule has 0 aromatic heterocycles. The van der Waals surface area contributed by atoms with E-state index < -0.39 is 0 Å². The molecule has 0 aliphatic carbocycles. The van der Waals surface area contributed by atoms with Crippen LogP contribution in [0.25, 0.3) is 0 Å². The zero-order valence-electron chi connectivity index (χ0n) is 11.4. The van der Waals surface area contributed by atoms with Gasteiger partial charge in [0.15, 0.2) is 0 Å². The molecule has 2 heteroatoms. The summed E-state index contributed by atoms with van der Waals surface area (Å²) in [5, 5.41) is 0. The van der Waals surface area contributed by atoms with E-state index in [-0.39, 0.29) is 0 Å². The maximum absolute atomic E-state index is 5.82. The second-order valence-corrected chi connectivity index (χ2v) is 5.31. The summed E-state index contributed by atoms with van der Waals surface area (Å²) in [6, 6.07) is 11.4. The van der Waals surface area contributed by atoms with Crippen LogP contribution in [0.15, 0.2) is 30.3 Å². The molecule has 1 aromatic rings. The smallest absolute Gasteiger partial charge is 0.0360 e. The molecule has 100 valence electrons. The van der Waals surface area contributed by atoms with Crippen molar-refractivity contribution in [3.63, 3.8) is 0 Å². The van der Waals surface area contributed by atoms with Crippen molar-refractivity contribution in [1.29, 1.82) is 0 Å². The summed E-state index contributed by atoms with van der Waals surface area (Å²) >= 11 is 0. The van der Waals surface area contributed by atoms with Crippen LogP contribution in [0.2, 0.25) is 0 Å². The van der Waals surface area contributed by atoms with E-state index in [0.717, 1.165) is 13.0 Å². The van der Waals surface area contributed by atoms with Gasteiger partial charge in [-0.25, -0.2) is 0 Å². The number of benzene rings is 1. The molecule has 1 atom stereocenters. The molecule has 1 heterocycles. The first kappa shape index (κ1) is 13.6. The van der Waals surface area contributed by atoms with Crippen molar-refractivity contribution in [3.05, 3.63) is 35.9 Å². The average Bonchev–Trinajstić information content (AvgIpc) is 2.38. The van der Waals surface area contributed by atoms with Crippen LogP contribution in [0.3, 0.4) is 0 Å². The summed E-state index contributed by atoms with van der Waals surface area (Å²) < 4.78 is 0. The minimum atomic E-state index is 0.522. The Labute approximate surface area is 111 Å². The van der Waals surface area contributed by atoms with E-state index in [1.807, 2.05) is 0 Å². The van der Waals surface area contributed by atoms with Crippen LogP contribution < -0.4 is 5.73 Å². The molecule has 0 saturated carbocycles. The topological polar surface area (TPSA) is 29.3 Å². The van der Waals surface area contributed by atoms with Gasteiger partial charge in [0.1, 0.15) is 0 Å². The predicted molar refractivity (Wildman–Crippen MR) is 77.5 cm³/mol. The molecule has 1 unspecified atom stereocenters. The van der Waals surface area contributed by atoms with Crippen LogP contribution in [0, 0.1) is 0 Å². The summed E-state index contributed by atoms with van der Waals surface area (Å²) in [5.74, 6) is 0. The van der Waals surface area contributed by atoms with E-state index in [1.165, 1.54) is 50.8 Å². The van der Waals surface area contributed by atoms with Crippen LogP contribution in [0.5, 0.6) is 0 Å². The van der Waals surface area contributed by atoms with E-state index >= 15 is 0 Å². The number of rotatable bonds is 4. The average molecular weight is 246 g/mol. The standard InChI is InChI=1S/C16H26N2/c17-12-11-16(15-9-5-4-6-10-15)18-13-7-2-1-3-8-14-18/h4-6,9-10,16H,1-3,7-8,11-14,17H2. The number of nitrogens with two attached hydrogens (primary N) is 1. The minimum absolute atomic E-state index is 0.522. The van der Waals surface area contributed by atoms with Crippen LogP contribution in [-0.4, -0.2) is 24.5 Å². The minimum Gasteiger partial charge on any atom is -0.330 e. The first-order valence-corrected chi connectivity index (χ1v) is 7.41. The number of hydrogen-bond donors (Lipinski definition) is 1. The number of nitrogens with zero attached hydrogens (tertiary/aromatic N) is 1. The third-order valence-corrected chi connectivity index (χ3v) is 3.96. The molecule has 2 N–H and O–H groups in total. The Hall–Kier alpha value is -0.860. The van der Waals surface area contributed by atoms with Gasteiger partial charge in [-0.1, -0.05) is 49.6 Å². The summed E-state index contributed by atoms with van der Waals surface area (Å²) in [7, 11) is 0. The first-order chi connectivity index (χ1) is 8.92. The van der Waals surface area contributed by atoms with Gasteiger partial charge in [0.05, 0.1) is 0 Å². The molecular formula is C16H26N2. The van der Waals surface area contributed by atoms with E-state index in [0.29, 0.717) is 6.04 Å². The molecule has 0 amide bonds. The van der Waals surface area contributed by atoms with E-state index in [9.17, 15) is 0 Å². The Morgan fingerprint density at radius 3 is 2.17 bits per heavy atom. The van der Waals surface area contributed by atoms with Crippen molar-refractivity contribution in [2.75, 3.05) is 19.6 Å². The van der Waals surface area contributed by atoms with Crippen molar-refractivity contribution >= 4 is 0 Å². The maximum atomic E-state index is 5.82. The third kappa shape index (κ3) is 3.82. The molecule has 1 aromatic carbocycles. The summed E-state index contributed by atoms with van der Waals surface area (Å²) in [6.07, 6.45) is 7.95. The predicted octanol–water partition coefficient (Wildman–Crippen LogP) is 3.34. The number of hydrogen-bond acceptors (Lipinski definition) is 2. The zero-order valence-corrected chi connectivity index (χ0v) is 11.4. The lowest BCUT2D eigenvalue weighted by Crippen LogP contribution is -2.33. The first-order valence-electron chi connectivity index (χ1n) is 7.41. The Balaban J connectivity index is 2.07. The maximum Gasteiger partial charge on any atom is 0.0360 e. The lowest BCUT2D eigenvalue weighted by molar-refractivity contribution is 0.173. The monoisotopic (exact) mass is 246 g/mol. The molecule has 2 rings (SSSR count). The van der Waals surface area contributed by atoms with Gasteiger partial charge < -0.3 is 5.73 Å². The lowest BCUT2D eigenvalue weighted by Gasteiger charge is -2.33. The summed E-state index contributed by atoms with van der Waals surface area (Å²) in [6.45, 7) is 3.25. The molecule has 1 saturated heterocycles. The van der Waals surface area contributed by atoms with Gasteiger partial charge in [0.25, 0.3) is 0 Å². The second kappa shape index (κ2) is 7.55. The van der Waals surface area contributed by atoms with Crippen molar-refractivity contribution in [2.45, 2.75) is 44.6 Å². The van der Waals surface area contributed by atoms with Gasteiger partial charge >= 0.3 is 0 Å². The summed E-state index contributed by atoms with van der Waals surface area (Å²) in [4.78, 5) is 2.65.